The molecule has 0 fully saturated rings. The van der Waals surface area contributed by atoms with Gasteiger partial charge in [-0.05, 0) is 60.7 Å². The molecule has 0 aliphatic rings. The van der Waals surface area contributed by atoms with Crippen LogP contribution in [0.5, 0.6) is 11.5 Å². The maximum absolute atomic E-state index is 6.25. The summed E-state index contributed by atoms with van der Waals surface area (Å²) in [6.07, 6.45) is 3.31. The quantitative estimate of drug-likeness (QED) is 0.131. The van der Waals surface area contributed by atoms with Gasteiger partial charge in [0.2, 0.25) is 0 Å². The second-order valence-corrected chi connectivity index (χ2v) is 19.1. The average Bonchev–Trinajstić information content (AvgIpc) is 2.96. The van der Waals surface area contributed by atoms with Crippen molar-refractivity contribution in [2.45, 2.75) is 57.7 Å². The third-order valence-corrected chi connectivity index (χ3v) is 12.8. The topological polar surface area (TPSA) is 18.5 Å². The molecule has 0 saturated carbocycles. The Hall–Kier alpha value is -2.87. The molecular formula is C35H46O2Si3. The molecular weight excluding hydrogens is 537 g/mol. The van der Waals surface area contributed by atoms with Crippen molar-refractivity contribution in [1.29, 1.82) is 0 Å². The lowest BCUT2D eigenvalue weighted by Crippen LogP contribution is -2.44. The molecule has 0 aliphatic heterocycles. The van der Waals surface area contributed by atoms with Crippen LogP contribution >= 0.6 is 0 Å². The molecule has 210 valence electrons. The highest BCUT2D eigenvalue weighted by molar-refractivity contribution is 6.90. The smallest absolute Gasteiger partial charge is 0.119 e. The maximum atomic E-state index is 6.25. The summed E-state index contributed by atoms with van der Waals surface area (Å²) >= 11 is 0. The summed E-state index contributed by atoms with van der Waals surface area (Å²) in [6, 6.07) is 36.7. The monoisotopic (exact) mass is 582 g/mol. The van der Waals surface area contributed by atoms with Crippen LogP contribution in [0.25, 0.3) is 0 Å². The standard InChI is InChI=1S/C35H46O2Si3/c1-5-6-21-36-30-17-13-28(14-18-30)35(2,27-11-8-7-9-12-27)29-15-19-31(20-16-29)37-22-10-23-40(3,4)34-25-32(38)24-33(39)26-34/h7-9,11-20,24-26H,5-6,10,21-23H2,1-4,38-39H3. The first-order valence-electron chi connectivity index (χ1n) is 14.8. The Morgan fingerprint density at radius 2 is 1.12 bits per heavy atom. The van der Waals surface area contributed by atoms with E-state index < -0.39 is 8.07 Å². The summed E-state index contributed by atoms with van der Waals surface area (Å²) in [5.74, 6) is 1.88. The summed E-state index contributed by atoms with van der Waals surface area (Å²) < 4.78 is 12.2. The van der Waals surface area contributed by atoms with Gasteiger partial charge in [0.05, 0.1) is 21.3 Å². The van der Waals surface area contributed by atoms with Gasteiger partial charge in [0.25, 0.3) is 0 Å². The van der Waals surface area contributed by atoms with Crippen LogP contribution < -0.4 is 25.0 Å². The maximum Gasteiger partial charge on any atom is 0.119 e. The number of unbranched alkanes of at least 4 members (excludes halogenated alkanes) is 1. The largest absolute Gasteiger partial charge is 0.494 e. The van der Waals surface area contributed by atoms with E-state index in [0.717, 1.165) is 64.5 Å². The van der Waals surface area contributed by atoms with Crippen molar-refractivity contribution in [2.75, 3.05) is 13.2 Å². The molecule has 0 bridgehead atoms. The number of hydrogen-bond acceptors (Lipinski definition) is 2. The molecule has 0 spiro atoms. The van der Waals surface area contributed by atoms with Gasteiger partial charge < -0.3 is 9.47 Å². The molecule has 0 saturated heterocycles. The summed E-state index contributed by atoms with van der Waals surface area (Å²) in [5.41, 5.74) is 3.49. The Morgan fingerprint density at radius 1 is 0.650 bits per heavy atom. The van der Waals surface area contributed by atoms with Crippen molar-refractivity contribution in [3.63, 3.8) is 0 Å². The second-order valence-electron chi connectivity index (χ2n) is 12.0. The number of hydrogen-bond donors (Lipinski definition) is 0. The van der Waals surface area contributed by atoms with Crippen LogP contribution in [-0.2, 0) is 5.41 Å². The molecule has 0 N–H and O–H groups in total. The fourth-order valence-electron chi connectivity index (χ4n) is 5.59. The molecule has 40 heavy (non-hydrogen) atoms. The fourth-order valence-corrected chi connectivity index (χ4v) is 10.8. The van der Waals surface area contributed by atoms with Gasteiger partial charge in [-0.15, -0.1) is 0 Å². The van der Waals surface area contributed by atoms with Gasteiger partial charge in [0.15, 0.2) is 0 Å². The SMILES string of the molecule is CCCCOc1ccc(C(C)(c2ccccc2)c2ccc(OCCC[Si](C)(C)c3cc([SiH3])cc([SiH3])c3)cc2)cc1. The van der Waals surface area contributed by atoms with Crippen molar-refractivity contribution >= 4 is 44.1 Å². The van der Waals surface area contributed by atoms with E-state index in [1.54, 1.807) is 5.19 Å². The Kier molecular flexibility index (Phi) is 10.3. The molecule has 4 aromatic rings. The van der Waals surface area contributed by atoms with Crippen molar-refractivity contribution in [2.24, 2.45) is 0 Å². The van der Waals surface area contributed by atoms with E-state index in [4.69, 9.17) is 9.47 Å². The van der Waals surface area contributed by atoms with Gasteiger partial charge in [0, 0.05) is 25.9 Å². The molecule has 0 heterocycles. The van der Waals surface area contributed by atoms with E-state index in [-0.39, 0.29) is 5.41 Å². The first-order valence-corrected chi connectivity index (χ1v) is 20.0. The normalized spacial score (nSPS) is 13.2. The van der Waals surface area contributed by atoms with Crippen LogP contribution in [-0.4, -0.2) is 41.8 Å². The number of rotatable bonds is 13. The molecule has 1 atom stereocenters. The molecule has 5 heteroatoms. The van der Waals surface area contributed by atoms with Crippen LogP contribution in [0.2, 0.25) is 19.1 Å². The van der Waals surface area contributed by atoms with Gasteiger partial charge in [-0.1, -0.05) is 121 Å². The molecule has 0 amide bonds. The lowest BCUT2D eigenvalue weighted by molar-refractivity contribution is 0.309. The van der Waals surface area contributed by atoms with Crippen LogP contribution in [0.3, 0.4) is 0 Å². The zero-order valence-corrected chi connectivity index (χ0v) is 30.3. The van der Waals surface area contributed by atoms with E-state index in [0.29, 0.717) is 0 Å². The van der Waals surface area contributed by atoms with Gasteiger partial charge in [-0.2, -0.15) is 0 Å². The third kappa shape index (κ3) is 7.45. The molecule has 2 nitrogen and oxygen atoms in total. The number of benzene rings is 4. The zero-order chi connectivity index (χ0) is 28.6. The van der Waals surface area contributed by atoms with E-state index in [2.05, 4.69) is 124 Å². The van der Waals surface area contributed by atoms with Crippen LogP contribution in [0.15, 0.2) is 97.1 Å². The highest BCUT2D eigenvalue weighted by Crippen LogP contribution is 2.40. The Morgan fingerprint density at radius 3 is 1.62 bits per heavy atom. The lowest BCUT2D eigenvalue weighted by atomic mass is 9.71. The fraction of sp³-hybridized carbons (Fsp3) is 0.314. The highest BCUT2D eigenvalue weighted by Gasteiger charge is 2.31. The van der Waals surface area contributed by atoms with E-state index in [1.165, 1.54) is 33.1 Å². The van der Waals surface area contributed by atoms with Gasteiger partial charge in [-0.3, -0.25) is 0 Å². The number of ether oxygens (including phenoxy) is 2. The first-order chi connectivity index (χ1) is 19.2. The Labute approximate surface area is 249 Å². The first kappa shape index (κ1) is 30.1. The minimum atomic E-state index is -1.45. The van der Waals surface area contributed by atoms with E-state index in [1.807, 2.05) is 0 Å². The van der Waals surface area contributed by atoms with Crippen LogP contribution in [0.1, 0.15) is 49.8 Å². The van der Waals surface area contributed by atoms with E-state index >= 15 is 0 Å². The predicted octanol–water partition coefficient (Wildman–Crippen LogP) is 4.59. The summed E-state index contributed by atoms with van der Waals surface area (Å²) in [5, 5.41) is 4.70. The van der Waals surface area contributed by atoms with Gasteiger partial charge in [0.1, 0.15) is 11.5 Å². The zero-order valence-electron chi connectivity index (χ0n) is 25.3. The van der Waals surface area contributed by atoms with Crippen molar-refractivity contribution in [3.8, 4) is 11.5 Å². The minimum absolute atomic E-state index is 0.283. The third-order valence-electron chi connectivity index (χ3n) is 8.20. The summed E-state index contributed by atoms with van der Waals surface area (Å²) in [4.78, 5) is 0. The predicted molar refractivity (Wildman–Crippen MR) is 183 cm³/mol. The van der Waals surface area contributed by atoms with Crippen molar-refractivity contribution < 1.29 is 9.47 Å². The lowest BCUT2D eigenvalue weighted by Gasteiger charge is -2.32. The molecule has 1 unspecified atom stereocenters. The van der Waals surface area contributed by atoms with Crippen LogP contribution in [0, 0.1) is 0 Å². The molecule has 4 rings (SSSR count). The van der Waals surface area contributed by atoms with Gasteiger partial charge >= 0.3 is 0 Å². The Bertz CT molecular complexity index is 1330. The molecule has 0 radical (unpaired) electrons. The highest BCUT2D eigenvalue weighted by atomic mass is 28.3. The molecule has 0 aliphatic carbocycles. The Balaban J connectivity index is 1.45. The van der Waals surface area contributed by atoms with Crippen LogP contribution in [0.4, 0.5) is 0 Å². The van der Waals surface area contributed by atoms with Crippen molar-refractivity contribution in [1.82, 2.24) is 0 Å². The van der Waals surface area contributed by atoms with Crippen molar-refractivity contribution in [3.05, 3.63) is 114 Å². The van der Waals surface area contributed by atoms with E-state index in [9.17, 15) is 0 Å². The minimum Gasteiger partial charge on any atom is -0.494 e. The summed E-state index contributed by atoms with van der Waals surface area (Å²) in [7, 11) is 0.824. The summed E-state index contributed by atoms with van der Waals surface area (Å²) in [6.45, 7) is 11.0. The molecule has 4 aromatic carbocycles. The average molecular weight is 583 g/mol. The second kappa shape index (κ2) is 13.7. The molecule has 0 aromatic heterocycles. The van der Waals surface area contributed by atoms with Gasteiger partial charge in [-0.25, -0.2) is 0 Å².